The summed E-state index contributed by atoms with van der Waals surface area (Å²) in [5.74, 6) is 0. The van der Waals surface area contributed by atoms with Crippen molar-refractivity contribution in [2.75, 3.05) is 0 Å². The zero-order valence-electron chi connectivity index (χ0n) is 20.0. The highest BCUT2D eigenvalue weighted by Crippen LogP contribution is 2.46. The Hall–Kier alpha value is -3.94. The summed E-state index contributed by atoms with van der Waals surface area (Å²) in [5, 5.41) is 12.1. The third-order valence-electron chi connectivity index (χ3n) is 7.88. The summed E-state index contributed by atoms with van der Waals surface area (Å²) in [6.07, 6.45) is 0. The number of nitrogens with one attached hydrogen (secondary N) is 1. The standard InChI is InChI=1S/C34H27N/c1-21-17-19-25-20-18-22(2)31-32(25)30(21)33(28-15-7-11-23-9-3-5-13-26(23)28)35-34(31)29-16-8-12-24-10-4-6-14-27(24)29/h3-20,33-35H,1-2H3/t33-,34-/m0/s1. The molecular weight excluding hydrogens is 422 g/mol. The average Bonchev–Trinajstić information content (AvgIpc) is 2.91. The molecule has 7 rings (SSSR count). The second-order valence-corrected chi connectivity index (χ2v) is 9.86. The van der Waals surface area contributed by atoms with E-state index >= 15 is 0 Å². The Morgan fingerprint density at radius 1 is 0.457 bits per heavy atom. The van der Waals surface area contributed by atoms with Gasteiger partial charge in [-0.05, 0) is 79.5 Å². The van der Waals surface area contributed by atoms with Gasteiger partial charge in [0.2, 0.25) is 0 Å². The van der Waals surface area contributed by atoms with Crippen LogP contribution < -0.4 is 5.32 Å². The molecule has 0 amide bonds. The van der Waals surface area contributed by atoms with Gasteiger partial charge in [0.15, 0.2) is 0 Å². The normalized spacial score (nSPS) is 17.3. The van der Waals surface area contributed by atoms with E-state index in [1.54, 1.807) is 0 Å². The van der Waals surface area contributed by atoms with Crippen molar-refractivity contribution in [1.29, 1.82) is 0 Å². The third-order valence-corrected chi connectivity index (χ3v) is 7.88. The molecule has 1 aliphatic rings. The maximum Gasteiger partial charge on any atom is 0.0598 e. The van der Waals surface area contributed by atoms with Crippen LogP contribution in [0.25, 0.3) is 32.3 Å². The van der Waals surface area contributed by atoms with Crippen molar-refractivity contribution in [3.05, 3.63) is 143 Å². The van der Waals surface area contributed by atoms with Crippen molar-refractivity contribution in [3.63, 3.8) is 0 Å². The molecule has 1 nitrogen and oxygen atoms in total. The molecule has 0 bridgehead atoms. The van der Waals surface area contributed by atoms with E-state index in [0.717, 1.165) is 0 Å². The number of benzene rings is 6. The molecule has 1 heteroatoms. The monoisotopic (exact) mass is 449 g/mol. The van der Waals surface area contributed by atoms with Crippen LogP contribution in [0.2, 0.25) is 0 Å². The van der Waals surface area contributed by atoms with Gasteiger partial charge in [-0.25, -0.2) is 0 Å². The highest BCUT2D eigenvalue weighted by Gasteiger charge is 2.33. The number of hydrogen-bond acceptors (Lipinski definition) is 1. The van der Waals surface area contributed by atoms with Crippen molar-refractivity contribution in [1.82, 2.24) is 5.32 Å². The minimum absolute atomic E-state index is 0.100. The number of aryl methyl sites for hydroxylation is 2. The molecule has 6 aromatic carbocycles. The number of fused-ring (bicyclic) bond motifs is 2. The lowest BCUT2D eigenvalue weighted by molar-refractivity contribution is 0.532. The van der Waals surface area contributed by atoms with Gasteiger partial charge in [0.1, 0.15) is 0 Å². The highest BCUT2D eigenvalue weighted by atomic mass is 15.0. The predicted molar refractivity (Wildman–Crippen MR) is 148 cm³/mol. The van der Waals surface area contributed by atoms with Gasteiger partial charge in [0.05, 0.1) is 12.1 Å². The SMILES string of the molecule is Cc1ccc2ccc(C)c3c2c1[C@H](c1cccc2ccccc12)N[C@H]3c1cccc2ccccc12. The van der Waals surface area contributed by atoms with Crippen molar-refractivity contribution in [2.24, 2.45) is 0 Å². The summed E-state index contributed by atoms with van der Waals surface area (Å²) in [5.41, 5.74) is 8.19. The lowest BCUT2D eigenvalue weighted by atomic mass is 9.77. The van der Waals surface area contributed by atoms with Gasteiger partial charge in [-0.15, -0.1) is 0 Å². The molecule has 0 spiro atoms. The molecule has 6 aromatic rings. The summed E-state index contributed by atoms with van der Waals surface area (Å²) < 4.78 is 0. The number of rotatable bonds is 2. The number of hydrogen-bond donors (Lipinski definition) is 1. The van der Waals surface area contributed by atoms with E-state index in [4.69, 9.17) is 0 Å². The lowest BCUT2D eigenvalue weighted by Crippen LogP contribution is -2.33. The van der Waals surface area contributed by atoms with Gasteiger partial charge >= 0.3 is 0 Å². The Kier molecular flexibility index (Phi) is 4.55. The molecule has 0 radical (unpaired) electrons. The molecule has 0 fully saturated rings. The molecule has 1 heterocycles. The Bertz CT molecular complexity index is 1620. The molecule has 0 unspecified atom stereocenters. The molecule has 168 valence electrons. The second-order valence-electron chi connectivity index (χ2n) is 9.86. The molecule has 2 atom stereocenters. The van der Waals surface area contributed by atoms with Gasteiger partial charge in [0, 0.05) is 0 Å². The van der Waals surface area contributed by atoms with Gasteiger partial charge < -0.3 is 0 Å². The fraction of sp³-hybridized carbons (Fsp3) is 0.118. The van der Waals surface area contributed by atoms with Gasteiger partial charge in [0.25, 0.3) is 0 Å². The van der Waals surface area contributed by atoms with Crippen molar-refractivity contribution >= 4 is 32.3 Å². The summed E-state index contributed by atoms with van der Waals surface area (Å²) in [6.45, 7) is 4.53. The third kappa shape index (κ3) is 3.05. The summed E-state index contributed by atoms with van der Waals surface area (Å²) >= 11 is 0. The van der Waals surface area contributed by atoms with Crippen molar-refractivity contribution < 1.29 is 0 Å². The van der Waals surface area contributed by atoms with Crippen molar-refractivity contribution in [2.45, 2.75) is 25.9 Å². The largest absolute Gasteiger partial charge is 0.295 e. The second kappa shape index (κ2) is 7.80. The zero-order chi connectivity index (χ0) is 23.5. The first-order valence-corrected chi connectivity index (χ1v) is 12.4. The Labute approximate surface area is 206 Å². The summed E-state index contributed by atoms with van der Waals surface area (Å²) in [4.78, 5) is 0. The maximum absolute atomic E-state index is 4.17. The Morgan fingerprint density at radius 3 is 1.43 bits per heavy atom. The smallest absolute Gasteiger partial charge is 0.0598 e. The summed E-state index contributed by atoms with van der Waals surface area (Å²) in [7, 11) is 0. The molecule has 0 saturated carbocycles. The van der Waals surface area contributed by atoms with E-state index in [0.29, 0.717) is 0 Å². The van der Waals surface area contributed by atoms with Gasteiger partial charge in [-0.1, -0.05) is 109 Å². The fourth-order valence-electron chi connectivity index (χ4n) is 6.25. The first-order valence-electron chi connectivity index (χ1n) is 12.4. The molecular formula is C34H27N. The minimum atomic E-state index is 0.100. The molecule has 1 N–H and O–H groups in total. The van der Waals surface area contributed by atoms with Gasteiger partial charge in [-0.3, -0.25) is 5.32 Å². The molecule has 0 aliphatic carbocycles. The first-order chi connectivity index (χ1) is 17.2. The maximum atomic E-state index is 4.17. The van der Waals surface area contributed by atoms with Crippen LogP contribution in [-0.4, -0.2) is 0 Å². The topological polar surface area (TPSA) is 12.0 Å². The summed E-state index contributed by atoms with van der Waals surface area (Å²) in [6, 6.07) is 40.3. The van der Waals surface area contributed by atoms with Crippen LogP contribution in [0.3, 0.4) is 0 Å². The van der Waals surface area contributed by atoms with E-state index < -0.39 is 0 Å². The Balaban J connectivity index is 1.59. The van der Waals surface area contributed by atoms with Gasteiger partial charge in [-0.2, -0.15) is 0 Å². The van der Waals surface area contributed by atoms with Crippen LogP contribution in [0.4, 0.5) is 0 Å². The van der Waals surface area contributed by atoms with Crippen LogP contribution in [0.1, 0.15) is 45.5 Å². The van der Waals surface area contributed by atoms with Crippen molar-refractivity contribution in [3.8, 4) is 0 Å². The first kappa shape index (κ1) is 20.4. The average molecular weight is 450 g/mol. The molecule has 1 aliphatic heterocycles. The fourth-order valence-corrected chi connectivity index (χ4v) is 6.25. The molecule has 0 aromatic heterocycles. The Morgan fingerprint density at radius 2 is 0.914 bits per heavy atom. The quantitative estimate of drug-likeness (QED) is 0.279. The van der Waals surface area contributed by atoms with Crippen LogP contribution in [-0.2, 0) is 0 Å². The minimum Gasteiger partial charge on any atom is -0.295 e. The van der Waals surface area contributed by atoms with Crippen LogP contribution >= 0.6 is 0 Å². The molecule has 35 heavy (non-hydrogen) atoms. The predicted octanol–water partition coefficient (Wildman–Crippen LogP) is 8.55. The molecule has 0 saturated heterocycles. The van der Waals surface area contributed by atoms with E-state index in [1.807, 2.05) is 0 Å². The van der Waals surface area contributed by atoms with Crippen LogP contribution in [0.15, 0.2) is 109 Å². The van der Waals surface area contributed by atoms with Crippen LogP contribution in [0.5, 0.6) is 0 Å². The van der Waals surface area contributed by atoms with E-state index in [-0.39, 0.29) is 12.1 Å². The van der Waals surface area contributed by atoms with E-state index in [1.165, 1.54) is 65.7 Å². The highest BCUT2D eigenvalue weighted by molar-refractivity contribution is 5.96. The zero-order valence-corrected chi connectivity index (χ0v) is 20.0. The van der Waals surface area contributed by atoms with E-state index in [9.17, 15) is 0 Å². The lowest BCUT2D eigenvalue weighted by Gasteiger charge is -2.37. The van der Waals surface area contributed by atoms with E-state index in [2.05, 4.69) is 128 Å². The van der Waals surface area contributed by atoms with Crippen LogP contribution in [0, 0.1) is 13.8 Å².